The molecule has 0 spiro atoms. The molecular formula is C25H27ClN4OS. The summed E-state index contributed by atoms with van der Waals surface area (Å²) in [6, 6.07) is 14.3. The lowest BCUT2D eigenvalue weighted by Gasteiger charge is -2.32. The predicted octanol–water partition coefficient (Wildman–Crippen LogP) is 5.17. The molecule has 3 aromatic rings. The smallest absolute Gasteiger partial charge is 0.258 e. The minimum Gasteiger partial charge on any atom is -0.349 e. The zero-order chi connectivity index (χ0) is 21.9. The van der Waals surface area contributed by atoms with Crippen molar-refractivity contribution in [2.24, 2.45) is 5.92 Å². The monoisotopic (exact) mass is 466 g/mol. The number of hydrogen-bond donors (Lipinski definition) is 3. The molecule has 2 aliphatic rings. The Morgan fingerprint density at radius 1 is 1.19 bits per heavy atom. The molecule has 7 heteroatoms. The number of amides is 1. The van der Waals surface area contributed by atoms with E-state index in [9.17, 15) is 4.79 Å². The van der Waals surface area contributed by atoms with Gasteiger partial charge in [0.15, 0.2) is 0 Å². The number of piperidine rings is 1. The van der Waals surface area contributed by atoms with Crippen LogP contribution >= 0.6 is 23.4 Å². The Morgan fingerprint density at radius 2 is 2.03 bits per heavy atom. The lowest BCUT2D eigenvalue weighted by atomic mass is 9.86. The first-order valence-corrected chi connectivity index (χ1v) is 12.5. The molecule has 3 heterocycles. The average Bonchev–Trinajstić information content (AvgIpc) is 3.24. The van der Waals surface area contributed by atoms with Crippen molar-refractivity contribution in [3.8, 4) is 0 Å². The molecule has 1 amide bonds. The molecule has 2 aliphatic heterocycles. The number of nitrogens with zero attached hydrogens (tertiary/aromatic N) is 1. The zero-order valence-electron chi connectivity index (χ0n) is 17.9. The van der Waals surface area contributed by atoms with Crippen LogP contribution in [0.15, 0.2) is 52.3 Å². The van der Waals surface area contributed by atoms with Gasteiger partial charge in [-0.3, -0.25) is 9.89 Å². The Kier molecular flexibility index (Phi) is 6.53. The van der Waals surface area contributed by atoms with E-state index in [-0.39, 0.29) is 11.9 Å². The van der Waals surface area contributed by atoms with Crippen molar-refractivity contribution in [3.05, 3.63) is 63.6 Å². The Labute approximate surface area is 197 Å². The van der Waals surface area contributed by atoms with Crippen LogP contribution in [-0.2, 0) is 11.2 Å². The second-order valence-corrected chi connectivity index (χ2v) is 10.0. The summed E-state index contributed by atoms with van der Waals surface area (Å²) in [5.41, 5.74) is 3.03. The van der Waals surface area contributed by atoms with Gasteiger partial charge < -0.3 is 10.6 Å². The summed E-state index contributed by atoms with van der Waals surface area (Å²) in [5, 5.41) is 16.2. The number of thioether (sulfide) groups is 1. The number of aromatic nitrogens is 2. The Morgan fingerprint density at radius 3 is 2.88 bits per heavy atom. The molecule has 2 aromatic carbocycles. The zero-order valence-corrected chi connectivity index (χ0v) is 19.4. The first-order chi connectivity index (χ1) is 15.7. The number of carbonyl (C=O) groups excluding carboxylic acids is 1. The molecule has 0 saturated carbocycles. The molecule has 166 valence electrons. The SMILES string of the molecule is O=C(NC(CCCc1ccccc1Cl)C1CCNCC1)C1=Cc2n[nH]c3cccc(c23)S1. The Bertz CT molecular complexity index is 1150. The lowest BCUT2D eigenvalue weighted by molar-refractivity contribution is -0.117. The second-order valence-electron chi connectivity index (χ2n) is 8.55. The van der Waals surface area contributed by atoms with E-state index in [1.807, 2.05) is 36.4 Å². The number of aromatic amines is 1. The number of rotatable bonds is 7. The largest absolute Gasteiger partial charge is 0.349 e. The minimum absolute atomic E-state index is 0.00179. The molecular weight excluding hydrogens is 440 g/mol. The molecule has 32 heavy (non-hydrogen) atoms. The highest BCUT2D eigenvalue weighted by atomic mass is 35.5. The van der Waals surface area contributed by atoms with Gasteiger partial charge in [-0.1, -0.05) is 47.6 Å². The third-order valence-electron chi connectivity index (χ3n) is 6.48. The maximum atomic E-state index is 13.3. The van der Waals surface area contributed by atoms with Crippen LogP contribution < -0.4 is 10.6 Å². The third-order valence-corrected chi connectivity index (χ3v) is 7.93. The van der Waals surface area contributed by atoms with Gasteiger partial charge in [0.05, 0.1) is 16.1 Å². The maximum absolute atomic E-state index is 13.3. The summed E-state index contributed by atoms with van der Waals surface area (Å²) in [4.78, 5) is 15.1. The van der Waals surface area contributed by atoms with Crippen LogP contribution in [0, 0.1) is 5.92 Å². The predicted molar refractivity (Wildman–Crippen MR) is 132 cm³/mol. The van der Waals surface area contributed by atoms with E-state index < -0.39 is 0 Å². The number of hydrogen-bond acceptors (Lipinski definition) is 4. The van der Waals surface area contributed by atoms with Crippen molar-refractivity contribution >= 4 is 46.2 Å². The lowest BCUT2D eigenvalue weighted by Crippen LogP contribution is -2.44. The number of aryl methyl sites for hydroxylation is 1. The normalized spacial score (nSPS) is 17.2. The van der Waals surface area contributed by atoms with E-state index in [1.54, 1.807) is 0 Å². The van der Waals surface area contributed by atoms with E-state index in [2.05, 4.69) is 33.0 Å². The van der Waals surface area contributed by atoms with Gasteiger partial charge in [0, 0.05) is 21.3 Å². The molecule has 1 atom stereocenters. The van der Waals surface area contributed by atoms with Crippen molar-refractivity contribution in [1.29, 1.82) is 0 Å². The van der Waals surface area contributed by atoms with E-state index >= 15 is 0 Å². The number of H-pyrrole nitrogens is 1. The van der Waals surface area contributed by atoms with E-state index in [4.69, 9.17) is 11.6 Å². The molecule has 0 bridgehead atoms. The van der Waals surface area contributed by atoms with Crippen LogP contribution in [0.2, 0.25) is 5.02 Å². The van der Waals surface area contributed by atoms with E-state index in [0.29, 0.717) is 10.8 Å². The Hall–Kier alpha value is -2.28. The molecule has 1 unspecified atom stereocenters. The minimum atomic E-state index is 0.00179. The molecule has 0 radical (unpaired) electrons. The second kappa shape index (κ2) is 9.69. The first-order valence-electron chi connectivity index (χ1n) is 11.3. The van der Waals surface area contributed by atoms with Crippen LogP contribution in [0.1, 0.15) is 36.9 Å². The molecule has 1 aromatic heterocycles. The van der Waals surface area contributed by atoms with Gasteiger partial charge in [-0.05, 0) is 81.0 Å². The molecule has 1 saturated heterocycles. The van der Waals surface area contributed by atoms with Gasteiger partial charge in [0.25, 0.3) is 5.91 Å². The Balaban J connectivity index is 1.29. The van der Waals surface area contributed by atoms with Crippen molar-refractivity contribution < 1.29 is 4.79 Å². The molecule has 1 fully saturated rings. The van der Waals surface area contributed by atoms with Gasteiger partial charge in [0.1, 0.15) is 0 Å². The van der Waals surface area contributed by atoms with Gasteiger partial charge in [-0.15, -0.1) is 0 Å². The molecule has 0 aliphatic carbocycles. The third kappa shape index (κ3) is 4.58. The van der Waals surface area contributed by atoms with Crippen LogP contribution in [0.4, 0.5) is 0 Å². The van der Waals surface area contributed by atoms with E-state index in [1.165, 1.54) is 17.3 Å². The summed E-state index contributed by atoms with van der Waals surface area (Å²) in [5.74, 6) is 0.493. The van der Waals surface area contributed by atoms with Crippen LogP contribution in [-0.4, -0.2) is 35.2 Å². The molecule has 5 nitrogen and oxygen atoms in total. The standard InChI is InChI=1S/C25H27ClN4OS/c26-18-7-2-1-5-16(18)6-3-8-19(17-11-13-27-14-12-17)28-25(31)23-15-21-24-20(29-30-21)9-4-10-22(24)32-23/h1-2,4-5,7,9-10,15,17,19,27H,3,6,8,11-14H2,(H,28,31)(H,29,30). The van der Waals surface area contributed by atoms with Crippen LogP contribution in [0.3, 0.4) is 0 Å². The fourth-order valence-electron chi connectivity index (χ4n) is 4.76. The van der Waals surface area contributed by atoms with E-state index in [0.717, 1.165) is 71.7 Å². The van der Waals surface area contributed by atoms with Crippen molar-refractivity contribution in [3.63, 3.8) is 0 Å². The number of benzene rings is 2. The van der Waals surface area contributed by atoms with Gasteiger partial charge in [-0.25, -0.2) is 0 Å². The topological polar surface area (TPSA) is 69.8 Å². The van der Waals surface area contributed by atoms with Crippen LogP contribution in [0.5, 0.6) is 0 Å². The number of nitrogens with one attached hydrogen (secondary N) is 3. The van der Waals surface area contributed by atoms with Gasteiger partial charge >= 0.3 is 0 Å². The van der Waals surface area contributed by atoms with Crippen LogP contribution in [0.25, 0.3) is 17.0 Å². The molecule has 3 N–H and O–H groups in total. The highest BCUT2D eigenvalue weighted by molar-refractivity contribution is 8.04. The first kappa shape index (κ1) is 21.6. The quantitative estimate of drug-likeness (QED) is 0.449. The van der Waals surface area contributed by atoms with Gasteiger partial charge in [0.2, 0.25) is 0 Å². The van der Waals surface area contributed by atoms with Gasteiger partial charge in [-0.2, -0.15) is 5.10 Å². The number of carbonyl (C=O) groups is 1. The summed E-state index contributed by atoms with van der Waals surface area (Å²) in [6.07, 6.45) is 6.96. The average molecular weight is 467 g/mol. The fourth-order valence-corrected chi connectivity index (χ4v) is 6.02. The summed E-state index contributed by atoms with van der Waals surface area (Å²) < 4.78 is 0. The highest BCUT2D eigenvalue weighted by Gasteiger charge is 2.28. The van der Waals surface area contributed by atoms with Crippen molar-refractivity contribution in [2.75, 3.05) is 13.1 Å². The molecule has 5 rings (SSSR count). The fraction of sp³-hybridized carbons (Fsp3) is 0.360. The summed E-state index contributed by atoms with van der Waals surface area (Å²) in [7, 11) is 0. The maximum Gasteiger partial charge on any atom is 0.258 e. The summed E-state index contributed by atoms with van der Waals surface area (Å²) >= 11 is 7.88. The summed E-state index contributed by atoms with van der Waals surface area (Å²) in [6.45, 7) is 2.02. The highest BCUT2D eigenvalue weighted by Crippen LogP contribution is 2.40. The number of halogens is 1. The van der Waals surface area contributed by atoms with Crippen molar-refractivity contribution in [2.45, 2.75) is 43.0 Å². The van der Waals surface area contributed by atoms with Crippen molar-refractivity contribution in [1.82, 2.24) is 20.8 Å².